The molecule has 3 aromatic rings. The van der Waals surface area contributed by atoms with Gasteiger partial charge in [-0.25, -0.2) is 4.68 Å². The standard InChI is InChI=1S/C19H18ClN3O/c1-13-11-18(22-23(13)17-9-4-3-5-10-17)19(24)21-14(2)15-7-6-8-16(20)12-15/h3-12,14H,1-2H3,(H,21,24). The van der Waals surface area contributed by atoms with E-state index in [4.69, 9.17) is 11.6 Å². The largest absolute Gasteiger partial charge is 0.344 e. The Morgan fingerprint density at radius 3 is 2.58 bits per heavy atom. The summed E-state index contributed by atoms with van der Waals surface area (Å²) >= 11 is 6.01. The fraction of sp³-hybridized carbons (Fsp3) is 0.158. The van der Waals surface area contributed by atoms with E-state index < -0.39 is 0 Å². The van der Waals surface area contributed by atoms with Gasteiger partial charge in [0, 0.05) is 10.7 Å². The highest BCUT2D eigenvalue weighted by atomic mass is 35.5. The van der Waals surface area contributed by atoms with Gasteiger partial charge in [0.05, 0.1) is 11.7 Å². The number of amides is 1. The Labute approximate surface area is 146 Å². The van der Waals surface area contributed by atoms with E-state index in [-0.39, 0.29) is 11.9 Å². The van der Waals surface area contributed by atoms with Crippen LogP contribution in [0.2, 0.25) is 5.02 Å². The van der Waals surface area contributed by atoms with E-state index in [1.54, 1.807) is 10.7 Å². The van der Waals surface area contributed by atoms with Crippen molar-refractivity contribution in [3.05, 3.63) is 82.6 Å². The number of aromatic nitrogens is 2. The molecule has 1 amide bonds. The first-order valence-corrected chi connectivity index (χ1v) is 8.11. The number of halogens is 1. The Kier molecular flexibility index (Phi) is 4.67. The summed E-state index contributed by atoms with van der Waals surface area (Å²) < 4.78 is 1.76. The number of aryl methyl sites for hydroxylation is 1. The molecular weight excluding hydrogens is 322 g/mol. The molecule has 0 bridgehead atoms. The van der Waals surface area contributed by atoms with Crippen LogP contribution in [-0.4, -0.2) is 15.7 Å². The molecule has 2 aromatic carbocycles. The fourth-order valence-electron chi connectivity index (χ4n) is 2.55. The van der Waals surface area contributed by atoms with Gasteiger partial charge in [-0.15, -0.1) is 0 Å². The zero-order valence-electron chi connectivity index (χ0n) is 13.5. The lowest BCUT2D eigenvalue weighted by atomic mass is 10.1. The Balaban J connectivity index is 1.79. The summed E-state index contributed by atoms with van der Waals surface area (Å²) in [5.41, 5.74) is 3.18. The minimum atomic E-state index is -0.208. The van der Waals surface area contributed by atoms with E-state index in [1.807, 2.05) is 68.4 Å². The molecule has 1 atom stereocenters. The summed E-state index contributed by atoms with van der Waals surface area (Å²) in [7, 11) is 0. The van der Waals surface area contributed by atoms with Crippen LogP contribution in [0, 0.1) is 6.92 Å². The number of carbonyl (C=O) groups excluding carboxylic acids is 1. The lowest BCUT2D eigenvalue weighted by Crippen LogP contribution is -2.27. The van der Waals surface area contributed by atoms with Crippen molar-refractivity contribution in [1.82, 2.24) is 15.1 Å². The number of benzene rings is 2. The molecule has 1 N–H and O–H groups in total. The zero-order chi connectivity index (χ0) is 17.1. The topological polar surface area (TPSA) is 46.9 Å². The van der Waals surface area contributed by atoms with Crippen molar-refractivity contribution < 1.29 is 4.79 Å². The maximum absolute atomic E-state index is 12.5. The van der Waals surface area contributed by atoms with Crippen LogP contribution in [0.3, 0.4) is 0 Å². The van der Waals surface area contributed by atoms with Gasteiger partial charge < -0.3 is 5.32 Å². The second-order valence-electron chi connectivity index (χ2n) is 5.67. The molecule has 0 spiro atoms. The summed E-state index contributed by atoms with van der Waals surface area (Å²) in [5.74, 6) is -0.208. The monoisotopic (exact) mass is 339 g/mol. The van der Waals surface area contributed by atoms with Crippen LogP contribution in [-0.2, 0) is 0 Å². The van der Waals surface area contributed by atoms with Crippen LogP contribution in [0.15, 0.2) is 60.7 Å². The predicted molar refractivity (Wildman–Crippen MR) is 95.6 cm³/mol. The fourth-order valence-corrected chi connectivity index (χ4v) is 2.74. The van der Waals surface area contributed by atoms with E-state index in [1.165, 1.54) is 0 Å². The number of carbonyl (C=O) groups is 1. The maximum atomic E-state index is 12.5. The molecule has 0 aliphatic rings. The number of rotatable bonds is 4. The molecular formula is C19H18ClN3O. The first-order valence-electron chi connectivity index (χ1n) is 7.73. The van der Waals surface area contributed by atoms with Gasteiger partial charge in [0.1, 0.15) is 0 Å². The molecule has 4 nitrogen and oxygen atoms in total. The van der Waals surface area contributed by atoms with E-state index in [2.05, 4.69) is 10.4 Å². The first kappa shape index (κ1) is 16.3. The third-order valence-corrected chi connectivity index (χ3v) is 4.05. The molecule has 0 aliphatic heterocycles. The zero-order valence-corrected chi connectivity index (χ0v) is 14.3. The number of para-hydroxylation sites is 1. The third kappa shape index (κ3) is 3.49. The highest BCUT2D eigenvalue weighted by Crippen LogP contribution is 2.18. The Hall–Kier alpha value is -2.59. The average Bonchev–Trinajstić information content (AvgIpc) is 2.97. The lowest BCUT2D eigenvalue weighted by molar-refractivity contribution is 0.0934. The van der Waals surface area contributed by atoms with Crippen LogP contribution in [0.4, 0.5) is 0 Å². The van der Waals surface area contributed by atoms with Crippen molar-refractivity contribution in [3.8, 4) is 5.69 Å². The minimum Gasteiger partial charge on any atom is -0.344 e. The molecule has 0 saturated carbocycles. The summed E-state index contributed by atoms with van der Waals surface area (Å²) in [5, 5.41) is 8.03. The highest BCUT2D eigenvalue weighted by molar-refractivity contribution is 6.30. The molecule has 1 aromatic heterocycles. The van der Waals surface area contributed by atoms with E-state index in [9.17, 15) is 4.79 Å². The molecule has 5 heteroatoms. The molecule has 0 radical (unpaired) electrons. The third-order valence-electron chi connectivity index (χ3n) is 3.82. The summed E-state index contributed by atoms with van der Waals surface area (Å²) in [6.45, 7) is 3.85. The van der Waals surface area contributed by atoms with Crippen molar-refractivity contribution >= 4 is 17.5 Å². The molecule has 1 unspecified atom stereocenters. The molecule has 122 valence electrons. The summed E-state index contributed by atoms with van der Waals surface area (Å²) in [4.78, 5) is 12.5. The van der Waals surface area contributed by atoms with Gasteiger partial charge in [0.2, 0.25) is 0 Å². The van der Waals surface area contributed by atoms with Gasteiger partial charge in [-0.2, -0.15) is 5.10 Å². The second-order valence-corrected chi connectivity index (χ2v) is 6.10. The van der Waals surface area contributed by atoms with Crippen molar-refractivity contribution in [2.24, 2.45) is 0 Å². The van der Waals surface area contributed by atoms with Crippen molar-refractivity contribution in [2.45, 2.75) is 19.9 Å². The van der Waals surface area contributed by atoms with E-state index in [0.29, 0.717) is 10.7 Å². The van der Waals surface area contributed by atoms with Gasteiger partial charge in [0.25, 0.3) is 5.91 Å². The van der Waals surface area contributed by atoms with Crippen LogP contribution >= 0.6 is 11.6 Å². The quantitative estimate of drug-likeness (QED) is 0.769. The lowest BCUT2D eigenvalue weighted by Gasteiger charge is -2.13. The van der Waals surface area contributed by atoms with E-state index >= 15 is 0 Å². The number of nitrogens with zero attached hydrogens (tertiary/aromatic N) is 2. The number of nitrogens with one attached hydrogen (secondary N) is 1. The molecule has 0 saturated heterocycles. The Bertz CT molecular complexity index is 858. The predicted octanol–water partition coefficient (Wildman–Crippen LogP) is 4.33. The first-order chi connectivity index (χ1) is 11.5. The number of hydrogen-bond donors (Lipinski definition) is 1. The van der Waals surface area contributed by atoms with Gasteiger partial charge in [-0.3, -0.25) is 4.79 Å². The number of hydrogen-bond acceptors (Lipinski definition) is 2. The van der Waals surface area contributed by atoms with Crippen molar-refractivity contribution in [1.29, 1.82) is 0 Å². The SMILES string of the molecule is Cc1cc(C(=O)NC(C)c2cccc(Cl)c2)nn1-c1ccccc1. The molecule has 0 aliphatic carbocycles. The smallest absolute Gasteiger partial charge is 0.272 e. The Morgan fingerprint density at radius 2 is 1.88 bits per heavy atom. The van der Waals surface area contributed by atoms with Crippen LogP contribution in [0.1, 0.15) is 34.7 Å². The molecule has 1 heterocycles. The maximum Gasteiger partial charge on any atom is 0.272 e. The summed E-state index contributed by atoms with van der Waals surface area (Å²) in [6, 6.07) is 18.8. The highest BCUT2D eigenvalue weighted by Gasteiger charge is 2.16. The molecule has 0 fully saturated rings. The Morgan fingerprint density at radius 1 is 1.12 bits per heavy atom. The molecule has 24 heavy (non-hydrogen) atoms. The minimum absolute atomic E-state index is 0.154. The van der Waals surface area contributed by atoms with Crippen LogP contribution in [0.5, 0.6) is 0 Å². The second kappa shape index (κ2) is 6.89. The normalized spacial score (nSPS) is 12.0. The van der Waals surface area contributed by atoms with Crippen LogP contribution < -0.4 is 5.32 Å². The summed E-state index contributed by atoms with van der Waals surface area (Å²) in [6.07, 6.45) is 0. The van der Waals surface area contributed by atoms with Gasteiger partial charge in [0.15, 0.2) is 5.69 Å². The van der Waals surface area contributed by atoms with Gasteiger partial charge >= 0.3 is 0 Å². The van der Waals surface area contributed by atoms with E-state index in [0.717, 1.165) is 16.9 Å². The van der Waals surface area contributed by atoms with Gasteiger partial charge in [-0.05, 0) is 49.7 Å². The average molecular weight is 340 g/mol. The van der Waals surface area contributed by atoms with Gasteiger partial charge in [-0.1, -0.05) is 41.9 Å². The molecule has 3 rings (SSSR count). The van der Waals surface area contributed by atoms with Crippen molar-refractivity contribution in [3.63, 3.8) is 0 Å². The van der Waals surface area contributed by atoms with Crippen molar-refractivity contribution in [2.75, 3.05) is 0 Å². The van der Waals surface area contributed by atoms with Crippen LogP contribution in [0.25, 0.3) is 5.69 Å².